The van der Waals surface area contributed by atoms with E-state index in [-0.39, 0.29) is 48.3 Å². The molecule has 3 atom stereocenters. The highest BCUT2D eigenvalue weighted by Crippen LogP contribution is 2.31. The van der Waals surface area contributed by atoms with Gasteiger partial charge in [0.2, 0.25) is 11.8 Å². The maximum atomic E-state index is 13.3. The van der Waals surface area contributed by atoms with Crippen LogP contribution in [0.25, 0.3) is 0 Å². The van der Waals surface area contributed by atoms with Gasteiger partial charge in [-0.15, -0.1) is 0 Å². The number of methoxy groups -OCH3 is 1. The minimum absolute atomic E-state index is 0.0196. The van der Waals surface area contributed by atoms with Crippen molar-refractivity contribution >= 4 is 23.4 Å². The summed E-state index contributed by atoms with van der Waals surface area (Å²) in [5.41, 5.74) is 0.948. The predicted molar refractivity (Wildman–Crippen MR) is 117 cm³/mol. The second-order valence-corrected chi connectivity index (χ2v) is 8.74. The lowest BCUT2D eigenvalue weighted by atomic mass is 10.0. The number of amides is 3. The molecule has 0 spiro atoms. The number of fused-ring (bicyclic) bond motifs is 1. The Kier molecular flexibility index (Phi) is 7.20. The molecule has 1 aliphatic heterocycles. The zero-order valence-corrected chi connectivity index (χ0v) is 19.0. The number of benzene rings is 1. The zero-order valence-electron chi connectivity index (χ0n) is 19.0. The van der Waals surface area contributed by atoms with E-state index in [2.05, 4.69) is 5.32 Å². The van der Waals surface area contributed by atoms with E-state index >= 15 is 0 Å². The number of likely N-dealkylation sites (N-methyl/N-ethyl adjacent to an activating group) is 1. The fourth-order valence-electron chi connectivity index (χ4n) is 3.88. The molecule has 1 heterocycles. The van der Waals surface area contributed by atoms with Crippen molar-refractivity contribution in [3.8, 4) is 5.75 Å². The molecule has 1 N–H and O–H groups in total. The van der Waals surface area contributed by atoms with Gasteiger partial charge in [0.25, 0.3) is 5.91 Å². The lowest BCUT2D eigenvalue weighted by molar-refractivity contribution is -0.133. The van der Waals surface area contributed by atoms with Gasteiger partial charge in [-0.3, -0.25) is 14.4 Å². The van der Waals surface area contributed by atoms with E-state index in [9.17, 15) is 14.4 Å². The van der Waals surface area contributed by atoms with Crippen molar-refractivity contribution in [3.05, 3.63) is 23.8 Å². The number of nitrogens with zero attached hydrogens (tertiary/aromatic N) is 2. The van der Waals surface area contributed by atoms with Crippen molar-refractivity contribution in [2.75, 3.05) is 39.2 Å². The normalized spacial score (nSPS) is 25.1. The SMILES string of the molecule is CO[C@H]1CN(C)C(=O)c2cc(NC(=O)C3CC3)ccc2OC[C@H](C)N(C(C)=O)C[C@@H]1C. The van der Waals surface area contributed by atoms with Crippen molar-refractivity contribution in [1.29, 1.82) is 0 Å². The molecule has 2 aliphatic rings. The summed E-state index contributed by atoms with van der Waals surface area (Å²) in [6, 6.07) is 4.94. The summed E-state index contributed by atoms with van der Waals surface area (Å²) in [5, 5.41) is 2.89. The summed E-state index contributed by atoms with van der Waals surface area (Å²) < 4.78 is 11.7. The summed E-state index contributed by atoms with van der Waals surface area (Å²) in [6.45, 7) is 6.63. The molecule has 0 bridgehead atoms. The van der Waals surface area contributed by atoms with Gasteiger partial charge in [0.15, 0.2) is 0 Å². The second kappa shape index (κ2) is 9.68. The molecule has 8 nitrogen and oxygen atoms in total. The Morgan fingerprint density at radius 3 is 2.52 bits per heavy atom. The van der Waals surface area contributed by atoms with E-state index in [0.717, 1.165) is 12.8 Å². The minimum Gasteiger partial charge on any atom is -0.491 e. The van der Waals surface area contributed by atoms with Crippen LogP contribution in [0.3, 0.4) is 0 Å². The van der Waals surface area contributed by atoms with Crippen LogP contribution in [0.1, 0.15) is 44.0 Å². The van der Waals surface area contributed by atoms with Gasteiger partial charge in [-0.05, 0) is 38.0 Å². The van der Waals surface area contributed by atoms with Crippen molar-refractivity contribution < 1.29 is 23.9 Å². The van der Waals surface area contributed by atoms with Crippen LogP contribution in [0.2, 0.25) is 0 Å². The highest BCUT2D eigenvalue weighted by Gasteiger charge is 2.31. The van der Waals surface area contributed by atoms with Crippen molar-refractivity contribution in [2.45, 2.75) is 45.8 Å². The van der Waals surface area contributed by atoms with Crippen molar-refractivity contribution in [2.24, 2.45) is 11.8 Å². The van der Waals surface area contributed by atoms with Gasteiger partial charge in [0.1, 0.15) is 12.4 Å². The summed E-state index contributed by atoms with van der Waals surface area (Å²) in [7, 11) is 3.34. The summed E-state index contributed by atoms with van der Waals surface area (Å²) in [6.07, 6.45) is 1.58. The van der Waals surface area contributed by atoms with E-state index in [1.54, 1.807) is 49.1 Å². The van der Waals surface area contributed by atoms with Crippen LogP contribution in [0.15, 0.2) is 18.2 Å². The Morgan fingerprint density at radius 2 is 1.90 bits per heavy atom. The molecular weight excluding hydrogens is 398 g/mol. The Hall–Kier alpha value is -2.61. The predicted octanol–water partition coefficient (Wildman–Crippen LogP) is 2.39. The molecular formula is C23H33N3O5. The van der Waals surface area contributed by atoms with Crippen molar-refractivity contribution in [1.82, 2.24) is 9.80 Å². The standard InChI is InChI=1S/C23H33N3O5/c1-14-11-26(16(3)27)15(2)13-31-20-9-8-18(24-22(28)17-6-7-17)10-19(20)23(29)25(4)12-21(14)30-5/h8-10,14-15,17,21H,6-7,11-13H2,1-5H3,(H,24,28)/t14-,15-,21-/m0/s1. The molecule has 1 aliphatic carbocycles. The Morgan fingerprint density at radius 1 is 1.19 bits per heavy atom. The average molecular weight is 432 g/mol. The van der Waals surface area contributed by atoms with Crippen LogP contribution in [0.4, 0.5) is 5.69 Å². The molecule has 1 saturated carbocycles. The average Bonchev–Trinajstić information content (AvgIpc) is 3.58. The van der Waals surface area contributed by atoms with Crippen LogP contribution < -0.4 is 10.1 Å². The molecule has 0 radical (unpaired) electrons. The third-order valence-electron chi connectivity index (χ3n) is 6.06. The number of anilines is 1. The van der Waals surface area contributed by atoms with E-state index in [1.165, 1.54) is 0 Å². The molecule has 8 heteroatoms. The Bertz CT molecular complexity index is 839. The van der Waals surface area contributed by atoms with Crippen LogP contribution >= 0.6 is 0 Å². The molecule has 3 amide bonds. The fraction of sp³-hybridized carbons (Fsp3) is 0.609. The number of hydrogen-bond donors (Lipinski definition) is 1. The second-order valence-electron chi connectivity index (χ2n) is 8.74. The van der Waals surface area contributed by atoms with Gasteiger partial charge in [-0.2, -0.15) is 0 Å². The number of hydrogen-bond acceptors (Lipinski definition) is 5. The van der Waals surface area contributed by atoms with Crippen molar-refractivity contribution in [3.63, 3.8) is 0 Å². The van der Waals surface area contributed by atoms with E-state index in [1.807, 2.05) is 13.8 Å². The maximum absolute atomic E-state index is 13.3. The van der Waals surface area contributed by atoms with E-state index in [0.29, 0.717) is 30.1 Å². The Labute approximate surface area is 183 Å². The van der Waals surface area contributed by atoms with Gasteiger partial charge in [0.05, 0.1) is 17.7 Å². The quantitative estimate of drug-likeness (QED) is 0.794. The number of rotatable bonds is 3. The number of carbonyl (C=O) groups excluding carboxylic acids is 3. The van der Waals surface area contributed by atoms with Crippen LogP contribution in [0, 0.1) is 11.8 Å². The van der Waals surface area contributed by atoms with Gasteiger partial charge >= 0.3 is 0 Å². The van der Waals surface area contributed by atoms with Gasteiger partial charge in [-0.25, -0.2) is 0 Å². The fourth-order valence-corrected chi connectivity index (χ4v) is 3.88. The number of carbonyl (C=O) groups is 3. The van der Waals surface area contributed by atoms with Gasteiger partial charge in [-0.1, -0.05) is 6.92 Å². The molecule has 3 rings (SSSR count). The monoisotopic (exact) mass is 431 g/mol. The first-order valence-electron chi connectivity index (χ1n) is 10.8. The summed E-state index contributed by atoms with van der Waals surface area (Å²) in [4.78, 5) is 41.1. The third kappa shape index (κ3) is 5.55. The maximum Gasteiger partial charge on any atom is 0.257 e. The molecule has 1 aromatic carbocycles. The molecule has 170 valence electrons. The van der Waals surface area contributed by atoms with Crippen LogP contribution in [0.5, 0.6) is 5.75 Å². The molecule has 1 aromatic rings. The lowest BCUT2D eigenvalue weighted by Crippen LogP contribution is -2.48. The summed E-state index contributed by atoms with van der Waals surface area (Å²) in [5.74, 6) is 0.265. The molecule has 0 saturated heterocycles. The molecule has 31 heavy (non-hydrogen) atoms. The first kappa shape index (κ1) is 23.1. The highest BCUT2D eigenvalue weighted by molar-refractivity contribution is 6.00. The molecule has 1 fully saturated rings. The van der Waals surface area contributed by atoms with E-state index < -0.39 is 0 Å². The number of nitrogens with one attached hydrogen (secondary N) is 1. The number of ether oxygens (including phenoxy) is 2. The van der Waals surface area contributed by atoms with Crippen LogP contribution in [-0.2, 0) is 14.3 Å². The highest BCUT2D eigenvalue weighted by atomic mass is 16.5. The van der Waals surface area contributed by atoms with Gasteiger partial charge in [0, 0.05) is 51.7 Å². The smallest absolute Gasteiger partial charge is 0.257 e. The van der Waals surface area contributed by atoms with Gasteiger partial charge < -0.3 is 24.6 Å². The van der Waals surface area contributed by atoms with Crippen LogP contribution in [-0.4, -0.2) is 73.5 Å². The minimum atomic E-state index is -0.232. The van der Waals surface area contributed by atoms with E-state index in [4.69, 9.17) is 9.47 Å². The third-order valence-corrected chi connectivity index (χ3v) is 6.06. The summed E-state index contributed by atoms with van der Waals surface area (Å²) >= 11 is 0. The largest absolute Gasteiger partial charge is 0.491 e. The Balaban J connectivity index is 1.93. The zero-order chi connectivity index (χ0) is 22.7. The lowest BCUT2D eigenvalue weighted by Gasteiger charge is -2.35. The molecule has 0 unspecified atom stereocenters. The first-order chi connectivity index (χ1) is 14.7. The first-order valence-corrected chi connectivity index (χ1v) is 10.8. The molecule has 0 aromatic heterocycles. The topological polar surface area (TPSA) is 88.2 Å².